The molecule has 3 atom stereocenters. The van der Waals surface area contributed by atoms with Crippen LogP contribution in [0.15, 0.2) is 24.3 Å². The molecule has 0 heterocycles. The van der Waals surface area contributed by atoms with Crippen molar-refractivity contribution in [1.82, 2.24) is 15.5 Å². The van der Waals surface area contributed by atoms with Gasteiger partial charge in [-0.15, -0.1) is 0 Å². The zero-order chi connectivity index (χ0) is 25.5. The van der Waals surface area contributed by atoms with Crippen LogP contribution in [-0.2, 0) is 20.7 Å². The number of alkyl carbamates (subject to hydrolysis) is 1. The van der Waals surface area contributed by atoms with Gasteiger partial charge in [0.25, 0.3) is 0 Å². The second-order valence-corrected chi connectivity index (χ2v) is 10.4. The van der Waals surface area contributed by atoms with Gasteiger partial charge in [0.1, 0.15) is 17.7 Å². The quantitative estimate of drug-likeness (QED) is 0.506. The van der Waals surface area contributed by atoms with Gasteiger partial charge in [-0.3, -0.25) is 9.59 Å². The SMILES string of the molecule is CCCC(C)NC(=O)C(c1ccc(CC)cc1)N(C(=O)C(C)NC(=O)OC(C)(C)C)C1CCC1. The number of nitrogens with zero attached hydrogens (tertiary/aromatic N) is 1. The molecule has 1 saturated carbocycles. The molecule has 1 aromatic rings. The van der Waals surface area contributed by atoms with Crippen molar-refractivity contribution in [2.75, 3.05) is 0 Å². The van der Waals surface area contributed by atoms with Crippen molar-refractivity contribution in [3.05, 3.63) is 35.4 Å². The van der Waals surface area contributed by atoms with E-state index in [0.717, 1.165) is 44.1 Å². The fraction of sp³-hybridized carbons (Fsp3) is 0.667. The normalized spacial score (nSPS) is 16.6. The van der Waals surface area contributed by atoms with Gasteiger partial charge in [-0.05, 0) is 77.8 Å². The van der Waals surface area contributed by atoms with E-state index in [0.29, 0.717) is 0 Å². The van der Waals surface area contributed by atoms with E-state index < -0.39 is 23.8 Å². The third-order valence-corrected chi connectivity index (χ3v) is 6.17. The van der Waals surface area contributed by atoms with E-state index >= 15 is 0 Å². The summed E-state index contributed by atoms with van der Waals surface area (Å²) in [5.74, 6) is -0.465. The number of amides is 3. The largest absolute Gasteiger partial charge is 0.444 e. The molecule has 0 aliphatic heterocycles. The Hall–Kier alpha value is -2.57. The predicted octanol–water partition coefficient (Wildman–Crippen LogP) is 4.89. The van der Waals surface area contributed by atoms with Crippen LogP contribution in [0, 0.1) is 0 Å². The van der Waals surface area contributed by atoms with E-state index in [9.17, 15) is 14.4 Å². The molecule has 2 N–H and O–H groups in total. The fourth-order valence-corrected chi connectivity index (χ4v) is 4.15. The first-order valence-electron chi connectivity index (χ1n) is 12.7. The van der Waals surface area contributed by atoms with Crippen LogP contribution in [-0.4, -0.2) is 46.5 Å². The molecule has 3 unspecified atom stereocenters. The van der Waals surface area contributed by atoms with Gasteiger partial charge < -0.3 is 20.3 Å². The molecule has 34 heavy (non-hydrogen) atoms. The number of rotatable bonds is 10. The second-order valence-electron chi connectivity index (χ2n) is 10.4. The van der Waals surface area contributed by atoms with Crippen molar-refractivity contribution in [3.63, 3.8) is 0 Å². The molecule has 1 aromatic carbocycles. The molecule has 1 aliphatic carbocycles. The van der Waals surface area contributed by atoms with Gasteiger partial charge in [0.05, 0.1) is 0 Å². The Balaban J connectivity index is 2.37. The molecule has 3 amide bonds. The molecule has 1 aliphatic rings. The minimum Gasteiger partial charge on any atom is -0.444 e. The zero-order valence-electron chi connectivity index (χ0n) is 21.9. The van der Waals surface area contributed by atoms with Gasteiger partial charge in [0.15, 0.2) is 0 Å². The Morgan fingerprint density at radius 3 is 2.15 bits per heavy atom. The number of nitrogens with one attached hydrogen (secondary N) is 2. The molecule has 0 spiro atoms. The maximum absolute atomic E-state index is 13.7. The molecule has 2 rings (SSSR count). The van der Waals surface area contributed by atoms with Gasteiger partial charge in [0.2, 0.25) is 11.8 Å². The highest BCUT2D eigenvalue weighted by atomic mass is 16.6. The van der Waals surface area contributed by atoms with Gasteiger partial charge >= 0.3 is 6.09 Å². The van der Waals surface area contributed by atoms with Crippen molar-refractivity contribution in [2.24, 2.45) is 0 Å². The molecular weight excluding hydrogens is 430 g/mol. The number of benzene rings is 1. The van der Waals surface area contributed by atoms with Gasteiger partial charge in [0, 0.05) is 12.1 Å². The van der Waals surface area contributed by atoms with E-state index in [2.05, 4.69) is 24.5 Å². The molecule has 7 heteroatoms. The summed E-state index contributed by atoms with van der Waals surface area (Å²) >= 11 is 0. The van der Waals surface area contributed by atoms with Crippen molar-refractivity contribution in [2.45, 2.75) is 117 Å². The summed E-state index contributed by atoms with van der Waals surface area (Å²) in [5, 5.41) is 5.77. The Morgan fingerprint density at radius 1 is 1.06 bits per heavy atom. The second kappa shape index (κ2) is 12.2. The zero-order valence-corrected chi connectivity index (χ0v) is 21.9. The van der Waals surface area contributed by atoms with Gasteiger partial charge in [-0.2, -0.15) is 0 Å². The third kappa shape index (κ3) is 7.74. The van der Waals surface area contributed by atoms with Crippen molar-refractivity contribution < 1.29 is 19.1 Å². The highest BCUT2D eigenvalue weighted by molar-refractivity contribution is 5.92. The number of aryl methyl sites for hydroxylation is 1. The molecule has 0 radical (unpaired) electrons. The summed E-state index contributed by atoms with van der Waals surface area (Å²) in [6.07, 6.45) is 4.76. The Labute approximate surface area is 205 Å². The molecule has 190 valence electrons. The van der Waals surface area contributed by atoms with Crippen LogP contribution in [0.1, 0.15) is 97.7 Å². The highest BCUT2D eigenvalue weighted by Gasteiger charge is 2.41. The lowest BCUT2D eigenvalue weighted by Crippen LogP contribution is -2.57. The minimum absolute atomic E-state index is 0.00516. The van der Waals surface area contributed by atoms with Crippen molar-refractivity contribution in [3.8, 4) is 0 Å². The standard InChI is InChI=1S/C27H43N3O4/c1-8-11-18(3)28-24(31)23(21-16-14-20(9-2)15-17-21)30(22-12-10-13-22)25(32)19(4)29-26(33)34-27(5,6)7/h14-19,22-23H,8-13H2,1-7H3,(H,28,31)(H,29,33). The van der Waals surface area contributed by atoms with Crippen LogP contribution in [0.4, 0.5) is 4.79 Å². The third-order valence-electron chi connectivity index (χ3n) is 6.17. The number of hydrogen-bond acceptors (Lipinski definition) is 4. The Kier molecular flexibility index (Phi) is 9.95. The first-order chi connectivity index (χ1) is 16.0. The molecule has 0 saturated heterocycles. The smallest absolute Gasteiger partial charge is 0.408 e. The summed E-state index contributed by atoms with van der Waals surface area (Å²) in [5.41, 5.74) is 1.28. The van der Waals surface area contributed by atoms with Gasteiger partial charge in [-0.1, -0.05) is 44.5 Å². The number of carbonyl (C=O) groups is 3. The molecule has 1 fully saturated rings. The van der Waals surface area contributed by atoms with E-state index in [1.165, 1.54) is 5.56 Å². The minimum atomic E-state index is -0.825. The van der Waals surface area contributed by atoms with E-state index in [4.69, 9.17) is 4.74 Å². The summed E-state index contributed by atoms with van der Waals surface area (Å²) in [4.78, 5) is 41.3. The van der Waals surface area contributed by atoms with E-state index in [1.807, 2.05) is 31.2 Å². The lowest BCUT2D eigenvalue weighted by atomic mass is 9.88. The number of ether oxygens (including phenoxy) is 1. The van der Waals surface area contributed by atoms with Crippen LogP contribution in [0.25, 0.3) is 0 Å². The van der Waals surface area contributed by atoms with Crippen LogP contribution >= 0.6 is 0 Å². The van der Waals surface area contributed by atoms with Crippen LogP contribution < -0.4 is 10.6 Å². The maximum Gasteiger partial charge on any atom is 0.408 e. The lowest BCUT2D eigenvalue weighted by molar-refractivity contribution is -0.147. The first-order valence-corrected chi connectivity index (χ1v) is 12.7. The monoisotopic (exact) mass is 473 g/mol. The summed E-state index contributed by atoms with van der Waals surface area (Å²) in [7, 11) is 0. The molecule has 0 bridgehead atoms. The lowest BCUT2D eigenvalue weighted by Gasteiger charge is -2.43. The molecule has 7 nitrogen and oxygen atoms in total. The number of hydrogen-bond donors (Lipinski definition) is 2. The molecule has 0 aromatic heterocycles. The van der Waals surface area contributed by atoms with Crippen molar-refractivity contribution in [1.29, 1.82) is 0 Å². The average molecular weight is 474 g/mol. The number of carbonyl (C=O) groups excluding carboxylic acids is 3. The van der Waals surface area contributed by atoms with Crippen LogP contribution in [0.5, 0.6) is 0 Å². The fourth-order valence-electron chi connectivity index (χ4n) is 4.15. The van der Waals surface area contributed by atoms with Crippen LogP contribution in [0.3, 0.4) is 0 Å². The first kappa shape index (κ1) is 27.7. The van der Waals surface area contributed by atoms with Crippen molar-refractivity contribution >= 4 is 17.9 Å². The van der Waals surface area contributed by atoms with Crippen LogP contribution in [0.2, 0.25) is 0 Å². The molecular formula is C27H43N3O4. The maximum atomic E-state index is 13.7. The summed E-state index contributed by atoms with van der Waals surface area (Å²) < 4.78 is 5.34. The van der Waals surface area contributed by atoms with E-state index in [1.54, 1.807) is 32.6 Å². The van der Waals surface area contributed by atoms with Gasteiger partial charge in [-0.25, -0.2) is 4.79 Å². The Morgan fingerprint density at radius 2 is 1.68 bits per heavy atom. The highest BCUT2D eigenvalue weighted by Crippen LogP contribution is 2.34. The summed E-state index contributed by atoms with van der Waals surface area (Å²) in [6.45, 7) is 13.1. The van der Waals surface area contributed by atoms with E-state index in [-0.39, 0.29) is 23.9 Å². The summed E-state index contributed by atoms with van der Waals surface area (Å²) in [6, 6.07) is 6.29. The topological polar surface area (TPSA) is 87.7 Å². The Bertz CT molecular complexity index is 827. The average Bonchev–Trinajstić information content (AvgIpc) is 2.70. The predicted molar refractivity (Wildman–Crippen MR) is 134 cm³/mol.